The third-order valence-electron chi connectivity index (χ3n) is 3.76. The molecule has 1 amide bonds. The number of aromatic hydroxyl groups is 1. The predicted molar refractivity (Wildman–Crippen MR) is 96.9 cm³/mol. The molecule has 0 radical (unpaired) electrons. The first-order valence-corrected chi connectivity index (χ1v) is 8.92. The molecule has 0 saturated carbocycles. The van der Waals surface area contributed by atoms with E-state index in [1.54, 1.807) is 36.1 Å². The molecule has 1 aromatic carbocycles. The fourth-order valence-electron chi connectivity index (χ4n) is 2.55. The minimum Gasteiger partial charge on any atom is -0.493 e. The van der Waals surface area contributed by atoms with Crippen molar-refractivity contribution in [2.24, 2.45) is 17.0 Å². The van der Waals surface area contributed by atoms with Gasteiger partial charge < -0.3 is 5.11 Å². The molecule has 0 unspecified atom stereocenters. The van der Waals surface area contributed by atoms with Crippen molar-refractivity contribution in [3.8, 4) is 5.88 Å². The first-order chi connectivity index (χ1) is 12.0. The van der Waals surface area contributed by atoms with E-state index < -0.39 is 0 Å². The summed E-state index contributed by atoms with van der Waals surface area (Å²) in [6.07, 6.45) is 3.30. The van der Waals surface area contributed by atoms with Gasteiger partial charge in [0.05, 0.1) is 22.8 Å². The van der Waals surface area contributed by atoms with Crippen molar-refractivity contribution in [2.75, 3.05) is 0 Å². The lowest BCUT2D eigenvalue weighted by Crippen LogP contribution is -2.22. The van der Waals surface area contributed by atoms with Crippen LogP contribution in [0.3, 0.4) is 0 Å². The number of hydrogen-bond donors (Lipinski definition) is 1. The van der Waals surface area contributed by atoms with Crippen molar-refractivity contribution in [3.63, 3.8) is 0 Å². The molecular formula is C17H11BrN4O2S. The quantitative estimate of drug-likeness (QED) is 0.690. The zero-order valence-electron chi connectivity index (χ0n) is 13.0. The number of amides is 1. The molecule has 0 saturated heterocycles. The van der Waals surface area contributed by atoms with Crippen LogP contribution in [0.4, 0.5) is 5.69 Å². The zero-order chi connectivity index (χ0) is 17.6. The third kappa shape index (κ3) is 2.73. The van der Waals surface area contributed by atoms with Gasteiger partial charge in [0, 0.05) is 22.9 Å². The Kier molecular flexibility index (Phi) is 3.85. The van der Waals surface area contributed by atoms with E-state index in [0.717, 1.165) is 4.47 Å². The largest absolute Gasteiger partial charge is 0.493 e. The van der Waals surface area contributed by atoms with E-state index in [1.807, 2.05) is 18.2 Å². The summed E-state index contributed by atoms with van der Waals surface area (Å²) in [5, 5.41) is 11.8. The van der Waals surface area contributed by atoms with Gasteiger partial charge in [-0.1, -0.05) is 27.3 Å². The molecule has 1 N–H and O–H groups in total. The Balaban J connectivity index is 1.99. The fourth-order valence-corrected chi connectivity index (χ4v) is 3.99. The average molecular weight is 415 g/mol. The molecule has 4 rings (SSSR count). The smallest absolute Gasteiger partial charge is 0.279 e. The van der Waals surface area contributed by atoms with Crippen LogP contribution in [0.1, 0.15) is 4.88 Å². The van der Waals surface area contributed by atoms with Crippen LogP contribution < -0.4 is 15.4 Å². The van der Waals surface area contributed by atoms with Crippen LogP contribution >= 0.6 is 27.3 Å². The Morgan fingerprint density at radius 3 is 2.92 bits per heavy atom. The maximum Gasteiger partial charge on any atom is 0.279 e. The van der Waals surface area contributed by atoms with E-state index in [-0.39, 0.29) is 11.8 Å². The molecule has 3 aromatic rings. The molecule has 0 fully saturated rings. The highest BCUT2D eigenvalue weighted by Crippen LogP contribution is 2.28. The van der Waals surface area contributed by atoms with Gasteiger partial charge in [0.15, 0.2) is 4.80 Å². The summed E-state index contributed by atoms with van der Waals surface area (Å²) in [5.74, 6) is -0.378. The van der Waals surface area contributed by atoms with Gasteiger partial charge in [-0.3, -0.25) is 14.3 Å². The molecule has 0 aliphatic carbocycles. The monoisotopic (exact) mass is 414 g/mol. The van der Waals surface area contributed by atoms with Gasteiger partial charge in [0.2, 0.25) is 5.88 Å². The van der Waals surface area contributed by atoms with E-state index in [1.165, 1.54) is 11.3 Å². The number of aromatic nitrogens is 2. The standard InChI is InChI=1S/C17H11BrN4O2S/c1-22-16(24)14(25-17(22)20-10-3-2-6-19-8-10)13-11-7-9(18)4-5-12(11)21-15(13)23/h2-8,24H,1H3. The van der Waals surface area contributed by atoms with E-state index >= 15 is 0 Å². The highest BCUT2D eigenvalue weighted by molar-refractivity contribution is 9.10. The normalized spacial score (nSPS) is 13.9. The molecular weight excluding hydrogens is 404 g/mol. The number of pyridine rings is 1. The number of nitrogens with zero attached hydrogens (tertiary/aromatic N) is 4. The number of fused-ring (bicyclic) bond motifs is 1. The molecule has 1 aliphatic rings. The van der Waals surface area contributed by atoms with E-state index in [4.69, 9.17) is 0 Å². The number of benzene rings is 1. The Bertz CT molecular complexity index is 1200. The second-order valence-corrected chi connectivity index (χ2v) is 7.27. The van der Waals surface area contributed by atoms with Crippen LogP contribution in [0, 0.1) is 0 Å². The van der Waals surface area contributed by atoms with Gasteiger partial charge >= 0.3 is 0 Å². The van der Waals surface area contributed by atoms with Gasteiger partial charge in [-0.05, 0) is 30.3 Å². The van der Waals surface area contributed by atoms with Crippen molar-refractivity contribution in [2.45, 2.75) is 0 Å². The Morgan fingerprint density at radius 2 is 2.16 bits per heavy atom. The zero-order valence-corrected chi connectivity index (χ0v) is 15.4. The highest BCUT2D eigenvalue weighted by Gasteiger charge is 2.24. The lowest BCUT2D eigenvalue weighted by molar-refractivity contribution is -0.112. The second kappa shape index (κ2) is 6.05. The molecule has 124 valence electrons. The summed E-state index contributed by atoms with van der Waals surface area (Å²) >= 11 is 4.65. The Hall–Kier alpha value is -2.58. The van der Waals surface area contributed by atoms with Gasteiger partial charge in [-0.25, -0.2) is 9.98 Å². The number of carbonyl (C=O) groups excluding carboxylic acids is 1. The summed E-state index contributed by atoms with van der Waals surface area (Å²) < 4.78 is 2.39. The second-order valence-electron chi connectivity index (χ2n) is 5.37. The van der Waals surface area contributed by atoms with E-state index in [0.29, 0.717) is 31.5 Å². The summed E-state index contributed by atoms with van der Waals surface area (Å²) in [6.45, 7) is 0. The van der Waals surface area contributed by atoms with Crippen LogP contribution in [-0.2, 0) is 11.8 Å². The minimum atomic E-state index is -0.363. The molecule has 2 aromatic heterocycles. The van der Waals surface area contributed by atoms with E-state index in [2.05, 4.69) is 30.9 Å². The maximum absolute atomic E-state index is 12.4. The summed E-state index contributed by atoms with van der Waals surface area (Å²) in [7, 11) is 1.70. The van der Waals surface area contributed by atoms with Crippen LogP contribution in [0.15, 0.2) is 57.2 Å². The number of carbonyl (C=O) groups is 1. The van der Waals surface area contributed by atoms with Crippen LogP contribution in [-0.4, -0.2) is 20.6 Å². The lowest BCUT2D eigenvalue weighted by atomic mass is 10.1. The highest BCUT2D eigenvalue weighted by atomic mass is 79.9. The molecule has 8 heteroatoms. The van der Waals surface area contributed by atoms with Gasteiger partial charge in [0.1, 0.15) is 4.88 Å². The van der Waals surface area contributed by atoms with Crippen molar-refractivity contribution < 1.29 is 9.90 Å². The Labute approximate surface area is 154 Å². The van der Waals surface area contributed by atoms with Crippen molar-refractivity contribution in [1.82, 2.24) is 9.55 Å². The number of thiazole rings is 1. The third-order valence-corrected chi connectivity index (χ3v) is 5.39. The van der Waals surface area contributed by atoms with Crippen LogP contribution in [0.5, 0.6) is 5.88 Å². The van der Waals surface area contributed by atoms with Crippen molar-refractivity contribution >= 4 is 44.4 Å². The number of rotatable bonds is 2. The van der Waals surface area contributed by atoms with Gasteiger partial charge in [0.25, 0.3) is 5.91 Å². The SMILES string of the molecule is Cn1c(O)c(C2=c3cc(Br)ccc3=NC2=O)sc1=Nc1cccnc1. The van der Waals surface area contributed by atoms with Crippen molar-refractivity contribution in [3.05, 3.63) is 67.5 Å². The van der Waals surface area contributed by atoms with Crippen LogP contribution in [0.25, 0.3) is 5.57 Å². The lowest BCUT2D eigenvalue weighted by Gasteiger charge is -1.98. The summed E-state index contributed by atoms with van der Waals surface area (Å²) in [6, 6.07) is 9.04. The number of halogens is 1. The van der Waals surface area contributed by atoms with Crippen LogP contribution in [0.2, 0.25) is 0 Å². The molecule has 0 atom stereocenters. The summed E-state index contributed by atoms with van der Waals surface area (Å²) in [5.41, 5.74) is 1.06. The van der Waals surface area contributed by atoms with Gasteiger partial charge in [-0.2, -0.15) is 0 Å². The first kappa shape index (κ1) is 15.9. The molecule has 0 spiro atoms. The first-order valence-electron chi connectivity index (χ1n) is 7.31. The average Bonchev–Trinajstić information content (AvgIpc) is 3.06. The predicted octanol–water partition coefficient (Wildman–Crippen LogP) is 1.54. The van der Waals surface area contributed by atoms with Gasteiger partial charge in [-0.15, -0.1) is 0 Å². The van der Waals surface area contributed by atoms with Crippen molar-refractivity contribution in [1.29, 1.82) is 0 Å². The Morgan fingerprint density at radius 1 is 1.32 bits per heavy atom. The minimum absolute atomic E-state index is 0.0148. The molecule has 25 heavy (non-hydrogen) atoms. The molecule has 6 nitrogen and oxygen atoms in total. The molecule has 3 heterocycles. The summed E-state index contributed by atoms with van der Waals surface area (Å²) in [4.78, 5) is 26.0. The molecule has 1 aliphatic heterocycles. The molecule has 0 bridgehead atoms. The maximum atomic E-state index is 12.4. The van der Waals surface area contributed by atoms with E-state index in [9.17, 15) is 9.90 Å². The topological polar surface area (TPSA) is 79.8 Å². The number of hydrogen-bond acceptors (Lipinski definition) is 5. The fraction of sp³-hybridized carbons (Fsp3) is 0.0588.